The summed E-state index contributed by atoms with van der Waals surface area (Å²) in [5, 5.41) is 2.32. The van der Waals surface area contributed by atoms with Crippen LogP contribution in [0.4, 0.5) is 0 Å². The van der Waals surface area contributed by atoms with Gasteiger partial charge < -0.3 is 10.1 Å². The van der Waals surface area contributed by atoms with E-state index in [2.05, 4.69) is 11.9 Å². The first kappa shape index (κ1) is 11.7. The number of nitrogens with one attached hydrogen (secondary N) is 1. The zero-order valence-electron chi connectivity index (χ0n) is 8.22. The minimum atomic E-state index is -0.866. The van der Waals surface area contributed by atoms with Crippen LogP contribution in [0.5, 0.6) is 0 Å². The van der Waals surface area contributed by atoms with Crippen molar-refractivity contribution in [3.8, 4) is 0 Å². The van der Waals surface area contributed by atoms with E-state index in [1.165, 1.54) is 6.08 Å². The number of hydrogen-bond donors (Lipinski definition) is 1. The summed E-state index contributed by atoms with van der Waals surface area (Å²) in [6.07, 6.45) is 1.49. The van der Waals surface area contributed by atoms with Gasteiger partial charge in [-0.05, 0) is 20.8 Å². The summed E-state index contributed by atoms with van der Waals surface area (Å²) in [5.41, 5.74) is -0.636. The molecule has 0 spiro atoms. The fourth-order valence-electron chi connectivity index (χ4n) is 0.561. The molecule has 0 aliphatic rings. The fraction of sp³-hybridized carbons (Fsp3) is 0.556. The number of hydrogen-bond acceptors (Lipinski definition) is 3. The predicted molar refractivity (Wildman–Crippen MR) is 49.1 cm³/mol. The zero-order chi connectivity index (χ0) is 10.5. The molecule has 1 amide bonds. The lowest BCUT2D eigenvalue weighted by molar-refractivity contribution is -0.163. The Balaban J connectivity index is 3.97. The molecule has 0 aromatic heterocycles. The quantitative estimate of drug-likeness (QED) is 0.390. The average molecular weight is 185 g/mol. The molecule has 0 aliphatic heterocycles. The third-order valence-electron chi connectivity index (χ3n) is 0.991. The van der Waals surface area contributed by atoms with Gasteiger partial charge in [0.1, 0.15) is 5.60 Å². The number of carbonyl (C=O) groups excluding carboxylic acids is 2. The Morgan fingerprint density at radius 2 is 2.00 bits per heavy atom. The van der Waals surface area contributed by atoms with E-state index in [0.29, 0.717) is 0 Å². The van der Waals surface area contributed by atoms with E-state index in [4.69, 9.17) is 4.74 Å². The van der Waals surface area contributed by atoms with Crippen molar-refractivity contribution < 1.29 is 14.3 Å². The number of esters is 1. The second-order valence-electron chi connectivity index (χ2n) is 3.50. The normalized spacial score (nSPS) is 10.4. The SMILES string of the molecule is C=CCNC(=O)C(=O)OC(C)(C)C. The van der Waals surface area contributed by atoms with Crippen molar-refractivity contribution in [3.05, 3.63) is 12.7 Å². The van der Waals surface area contributed by atoms with Crippen LogP contribution in [0.3, 0.4) is 0 Å². The lowest BCUT2D eigenvalue weighted by Gasteiger charge is -2.18. The van der Waals surface area contributed by atoms with Crippen LogP contribution in [-0.4, -0.2) is 24.0 Å². The van der Waals surface area contributed by atoms with Crippen LogP contribution in [0.2, 0.25) is 0 Å². The van der Waals surface area contributed by atoms with Crippen LogP contribution < -0.4 is 5.32 Å². The molecule has 0 saturated heterocycles. The van der Waals surface area contributed by atoms with Gasteiger partial charge in [0.15, 0.2) is 0 Å². The lowest BCUT2D eigenvalue weighted by Crippen LogP contribution is -2.36. The molecule has 0 aromatic rings. The molecule has 0 rings (SSSR count). The minimum absolute atomic E-state index is 0.262. The van der Waals surface area contributed by atoms with Crippen molar-refractivity contribution >= 4 is 11.9 Å². The van der Waals surface area contributed by atoms with Gasteiger partial charge in [0.05, 0.1) is 0 Å². The van der Waals surface area contributed by atoms with Gasteiger partial charge in [0.25, 0.3) is 0 Å². The highest BCUT2D eigenvalue weighted by Crippen LogP contribution is 2.06. The van der Waals surface area contributed by atoms with Crippen molar-refractivity contribution in [2.45, 2.75) is 26.4 Å². The van der Waals surface area contributed by atoms with Crippen LogP contribution in [0.15, 0.2) is 12.7 Å². The van der Waals surface area contributed by atoms with E-state index in [-0.39, 0.29) is 6.54 Å². The molecule has 0 unspecified atom stereocenters. The molecule has 4 heteroatoms. The van der Waals surface area contributed by atoms with Crippen molar-refractivity contribution in [3.63, 3.8) is 0 Å². The third-order valence-corrected chi connectivity index (χ3v) is 0.991. The fourth-order valence-corrected chi connectivity index (χ4v) is 0.561. The Hall–Kier alpha value is -1.32. The highest BCUT2D eigenvalue weighted by atomic mass is 16.6. The highest BCUT2D eigenvalue weighted by Gasteiger charge is 2.21. The van der Waals surface area contributed by atoms with E-state index in [1.54, 1.807) is 20.8 Å². The number of carbonyl (C=O) groups is 2. The predicted octanol–water partition coefficient (Wildman–Crippen LogP) is 0.630. The molecule has 74 valence electrons. The van der Waals surface area contributed by atoms with Crippen LogP contribution in [0, 0.1) is 0 Å². The van der Waals surface area contributed by atoms with Gasteiger partial charge in [-0.25, -0.2) is 4.79 Å². The van der Waals surface area contributed by atoms with Gasteiger partial charge in [-0.1, -0.05) is 6.08 Å². The molecular weight excluding hydrogens is 170 g/mol. The Kier molecular flexibility index (Phi) is 4.17. The van der Waals surface area contributed by atoms with Gasteiger partial charge in [-0.15, -0.1) is 6.58 Å². The number of ether oxygens (including phenoxy) is 1. The molecule has 0 bridgehead atoms. The Morgan fingerprint density at radius 1 is 1.46 bits per heavy atom. The van der Waals surface area contributed by atoms with E-state index in [0.717, 1.165) is 0 Å². The van der Waals surface area contributed by atoms with Gasteiger partial charge in [-0.2, -0.15) is 0 Å². The number of amides is 1. The van der Waals surface area contributed by atoms with E-state index in [9.17, 15) is 9.59 Å². The first-order valence-electron chi connectivity index (χ1n) is 3.99. The summed E-state index contributed by atoms with van der Waals surface area (Å²) < 4.78 is 4.81. The molecule has 0 radical (unpaired) electrons. The molecule has 0 saturated carbocycles. The van der Waals surface area contributed by atoms with Gasteiger partial charge in [0, 0.05) is 6.54 Å². The smallest absolute Gasteiger partial charge is 0.397 e. The summed E-state index contributed by atoms with van der Waals surface area (Å²) in [4.78, 5) is 21.9. The molecular formula is C9H15NO3. The maximum absolute atomic E-state index is 11.0. The topological polar surface area (TPSA) is 55.4 Å². The highest BCUT2D eigenvalue weighted by molar-refractivity contribution is 6.32. The monoisotopic (exact) mass is 185 g/mol. The molecule has 0 aliphatic carbocycles. The van der Waals surface area contributed by atoms with Crippen molar-refractivity contribution in [2.24, 2.45) is 0 Å². The second kappa shape index (κ2) is 4.64. The van der Waals surface area contributed by atoms with E-state index in [1.807, 2.05) is 0 Å². The minimum Gasteiger partial charge on any atom is -0.453 e. The van der Waals surface area contributed by atoms with Crippen molar-refractivity contribution in [1.29, 1.82) is 0 Å². The molecule has 0 heterocycles. The van der Waals surface area contributed by atoms with Gasteiger partial charge in [0.2, 0.25) is 0 Å². The third kappa shape index (κ3) is 5.90. The Labute approximate surface area is 78.0 Å². The lowest BCUT2D eigenvalue weighted by atomic mass is 10.2. The molecule has 0 atom stereocenters. The standard InChI is InChI=1S/C9H15NO3/c1-5-6-10-7(11)8(12)13-9(2,3)4/h5H,1,6H2,2-4H3,(H,10,11). The Bertz CT molecular complexity index is 215. The molecule has 4 nitrogen and oxygen atoms in total. The molecule has 0 aromatic carbocycles. The first-order valence-corrected chi connectivity index (χ1v) is 3.99. The summed E-state index contributed by atoms with van der Waals surface area (Å²) in [7, 11) is 0. The summed E-state index contributed by atoms with van der Waals surface area (Å²) in [6, 6.07) is 0. The van der Waals surface area contributed by atoms with Crippen molar-refractivity contribution in [1.82, 2.24) is 5.32 Å². The van der Waals surface area contributed by atoms with Crippen LogP contribution in [0.25, 0.3) is 0 Å². The van der Waals surface area contributed by atoms with Crippen LogP contribution in [-0.2, 0) is 14.3 Å². The second-order valence-corrected chi connectivity index (χ2v) is 3.50. The summed E-state index contributed by atoms with van der Waals surface area (Å²) in [5.74, 6) is -1.61. The average Bonchev–Trinajstić information content (AvgIpc) is 1.96. The Morgan fingerprint density at radius 3 is 2.38 bits per heavy atom. The maximum Gasteiger partial charge on any atom is 0.397 e. The zero-order valence-corrected chi connectivity index (χ0v) is 8.22. The van der Waals surface area contributed by atoms with Crippen molar-refractivity contribution in [2.75, 3.05) is 6.54 Å². The van der Waals surface area contributed by atoms with Crippen LogP contribution in [0.1, 0.15) is 20.8 Å². The van der Waals surface area contributed by atoms with E-state index >= 15 is 0 Å². The number of rotatable bonds is 2. The maximum atomic E-state index is 11.0. The first-order chi connectivity index (χ1) is 5.87. The van der Waals surface area contributed by atoms with Gasteiger partial charge >= 0.3 is 11.9 Å². The van der Waals surface area contributed by atoms with Crippen LogP contribution >= 0.6 is 0 Å². The molecule has 1 N–H and O–H groups in total. The molecule has 0 fully saturated rings. The van der Waals surface area contributed by atoms with E-state index < -0.39 is 17.5 Å². The summed E-state index contributed by atoms with van der Waals surface area (Å²) in [6.45, 7) is 8.76. The summed E-state index contributed by atoms with van der Waals surface area (Å²) >= 11 is 0. The molecule has 13 heavy (non-hydrogen) atoms. The van der Waals surface area contributed by atoms with Gasteiger partial charge in [-0.3, -0.25) is 4.79 Å². The largest absolute Gasteiger partial charge is 0.453 e.